The molecule has 3 aromatic heterocycles. The van der Waals surface area contributed by atoms with Crippen molar-refractivity contribution in [3.8, 4) is 17.2 Å². The Balaban J connectivity index is 1.77. The van der Waals surface area contributed by atoms with Crippen LogP contribution in [0.5, 0.6) is 0 Å². The largest absolute Gasteiger partial charge is 0.358 e. The summed E-state index contributed by atoms with van der Waals surface area (Å²) in [5.74, 6) is 0.0472. The summed E-state index contributed by atoms with van der Waals surface area (Å²) < 4.78 is 28.7. The minimum atomic E-state index is -2.97. The first-order valence-electron chi connectivity index (χ1n) is 11.0. The number of carbonyl (C=O) groups is 1. The summed E-state index contributed by atoms with van der Waals surface area (Å²) >= 11 is 6.15. The number of benzene rings is 1. The van der Waals surface area contributed by atoms with Crippen molar-refractivity contribution in [2.75, 3.05) is 5.32 Å². The number of rotatable bonds is 6. The Labute approximate surface area is 203 Å². The molecule has 178 valence electrons. The van der Waals surface area contributed by atoms with E-state index in [1.54, 1.807) is 44.3 Å². The molecule has 8 nitrogen and oxygen atoms in total. The zero-order chi connectivity index (χ0) is 24.9. The van der Waals surface area contributed by atoms with E-state index in [4.69, 9.17) is 11.6 Å². The standard InChI is InChI=1S/C24H20ClF2N7O/c1-11-19(16-7-8-29-18-9-13(25)3-6-15(16)18)23(31-12(2)24(35)32-14-4-5-14)34-22(30-11)17(10-28)20(33-34)21(26)27/h3,6-9,12,14,21,31H,4-5H2,1-2H3,(H,32,35)/t12-/m1/s1. The smallest absolute Gasteiger partial charge is 0.283 e. The molecule has 1 amide bonds. The summed E-state index contributed by atoms with van der Waals surface area (Å²) in [6, 6.07) is 8.27. The number of nitrogens with one attached hydrogen (secondary N) is 2. The molecule has 0 spiro atoms. The first kappa shape index (κ1) is 22.9. The van der Waals surface area contributed by atoms with Gasteiger partial charge in [-0.2, -0.15) is 14.9 Å². The maximum Gasteiger partial charge on any atom is 0.283 e. The van der Waals surface area contributed by atoms with Crippen LogP contribution < -0.4 is 10.6 Å². The number of alkyl halides is 2. The molecule has 35 heavy (non-hydrogen) atoms. The first-order chi connectivity index (χ1) is 16.8. The van der Waals surface area contributed by atoms with E-state index in [1.165, 1.54) is 4.52 Å². The molecule has 1 atom stereocenters. The number of fused-ring (bicyclic) bond motifs is 2. The third-order valence-corrected chi connectivity index (χ3v) is 6.17. The summed E-state index contributed by atoms with van der Waals surface area (Å²) in [6.45, 7) is 3.39. The summed E-state index contributed by atoms with van der Waals surface area (Å²) in [7, 11) is 0. The number of aryl methyl sites for hydroxylation is 1. The van der Waals surface area contributed by atoms with Crippen molar-refractivity contribution in [3.63, 3.8) is 0 Å². The van der Waals surface area contributed by atoms with Crippen LogP contribution in [0.1, 0.15) is 43.1 Å². The molecule has 11 heteroatoms. The Morgan fingerprint density at radius 2 is 2.09 bits per heavy atom. The molecule has 0 radical (unpaired) electrons. The lowest BCUT2D eigenvalue weighted by Crippen LogP contribution is -2.39. The predicted molar refractivity (Wildman–Crippen MR) is 127 cm³/mol. The van der Waals surface area contributed by atoms with Crippen LogP contribution in [-0.2, 0) is 4.79 Å². The van der Waals surface area contributed by atoms with Crippen LogP contribution >= 0.6 is 11.6 Å². The zero-order valence-electron chi connectivity index (χ0n) is 18.8. The summed E-state index contributed by atoms with van der Waals surface area (Å²) in [5.41, 5.74) is 1.36. The van der Waals surface area contributed by atoms with Crippen LogP contribution in [0.15, 0.2) is 30.5 Å². The van der Waals surface area contributed by atoms with Crippen LogP contribution in [0.2, 0.25) is 5.02 Å². The number of nitriles is 1. The number of carbonyl (C=O) groups excluding carboxylic acids is 1. The van der Waals surface area contributed by atoms with Crippen LogP contribution in [0.25, 0.3) is 27.7 Å². The molecule has 1 fully saturated rings. The number of hydrogen-bond donors (Lipinski definition) is 2. The average molecular weight is 496 g/mol. The van der Waals surface area contributed by atoms with Gasteiger partial charge in [-0.3, -0.25) is 9.78 Å². The Kier molecular flexibility index (Phi) is 5.73. The van der Waals surface area contributed by atoms with Crippen molar-refractivity contribution in [2.24, 2.45) is 0 Å². The van der Waals surface area contributed by atoms with E-state index in [-0.39, 0.29) is 29.0 Å². The number of pyridine rings is 1. The molecule has 5 rings (SSSR count). The lowest BCUT2D eigenvalue weighted by molar-refractivity contribution is -0.121. The van der Waals surface area contributed by atoms with Gasteiger partial charge in [-0.15, -0.1) is 0 Å². The molecule has 1 aliphatic carbocycles. The highest BCUT2D eigenvalue weighted by Crippen LogP contribution is 2.38. The topological polar surface area (TPSA) is 108 Å². The Morgan fingerprint density at radius 3 is 2.77 bits per heavy atom. The van der Waals surface area contributed by atoms with Crippen molar-refractivity contribution in [1.29, 1.82) is 5.26 Å². The number of anilines is 1. The van der Waals surface area contributed by atoms with Gasteiger partial charge in [-0.1, -0.05) is 17.7 Å². The van der Waals surface area contributed by atoms with Gasteiger partial charge >= 0.3 is 0 Å². The summed E-state index contributed by atoms with van der Waals surface area (Å²) in [5, 5.41) is 21.0. The number of hydrogen-bond acceptors (Lipinski definition) is 6. The molecular formula is C24H20ClF2N7O. The highest BCUT2D eigenvalue weighted by Gasteiger charge is 2.29. The monoisotopic (exact) mass is 495 g/mol. The number of nitrogens with zero attached hydrogens (tertiary/aromatic N) is 5. The summed E-state index contributed by atoms with van der Waals surface area (Å²) in [6.07, 6.45) is 0.494. The van der Waals surface area contributed by atoms with Gasteiger partial charge in [0.05, 0.1) is 11.2 Å². The lowest BCUT2D eigenvalue weighted by atomic mass is 10.00. The molecule has 3 heterocycles. The minimum Gasteiger partial charge on any atom is -0.358 e. The van der Waals surface area contributed by atoms with E-state index >= 15 is 0 Å². The van der Waals surface area contributed by atoms with Gasteiger partial charge in [-0.05, 0) is 50.5 Å². The molecule has 4 aromatic rings. The second-order valence-corrected chi connectivity index (χ2v) is 8.93. The van der Waals surface area contributed by atoms with E-state index in [2.05, 4.69) is 25.7 Å². The number of amides is 1. The Morgan fingerprint density at radius 1 is 1.31 bits per heavy atom. The highest BCUT2D eigenvalue weighted by atomic mass is 35.5. The van der Waals surface area contributed by atoms with Crippen LogP contribution in [-0.4, -0.2) is 37.6 Å². The Bertz CT molecular complexity index is 1520. The summed E-state index contributed by atoms with van der Waals surface area (Å²) in [4.78, 5) is 21.6. The first-order valence-corrected chi connectivity index (χ1v) is 11.4. The van der Waals surface area contributed by atoms with Gasteiger partial charge in [0.15, 0.2) is 5.65 Å². The second kappa shape index (κ2) is 8.74. The van der Waals surface area contributed by atoms with Crippen molar-refractivity contribution in [1.82, 2.24) is 24.9 Å². The molecule has 1 aromatic carbocycles. The van der Waals surface area contributed by atoms with Gasteiger partial charge in [0.25, 0.3) is 6.43 Å². The normalized spacial score (nSPS) is 14.3. The molecule has 2 N–H and O–H groups in total. The third-order valence-electron chi connectivity index (χ3n) is 5.93. The quantitative estimate of drug-likeness (QED) is 0.398. The van der Waals surface area contributed by atoms with Crippen molar-refractivity contribution < 1.29 is 13.6 Å². The van der Waals surface area contributed by atoms with E-state index in [0.717, 1.165) is 18.2 Å². The zero-order valence-corrected chi connectivity index (χ0v) is 19.6. The molecule has 0 bridgehead atoms. The van der Waals surface area contributed by atoms with E-state index in [0.29, 0.717) is 27.4 Å². The SMILES string of the molecule is Cc1nc2c(C#N)c(C(F)F)nn2c(N[C@H](C)C(=O)NC2CC2)c1-c1ccnc2cc(Cl)ccc12. The fraction of sp³-hybridized carbons (Fsp3) is 0.292. The molecule has 0 saturated heterocycles. The molecule has 0 aliphatic heterocycles. The molecular weight excluding hydrogens is 476 g/mol. The van der Waals surface area contributed by atoms with E-state index in [1.807, 2.05) is 6.07 Å². The van der Waals surface area contributed by atoms with Gasteiger partial charge in [0.2, 0.25) is 5.91 Å². The lowest BCUT2D eigenvalue weighted by Gasteiger charge is -2.21. The Hall–Kier alpha value is -3.84. The predicted octanol–water partition coefficient (Wildman–Crippen LogP) is 4.79. The number of aromatic nitrogens is 4. The van der Waals surface area contributed by atoms with Crippen LogP contribution in [0.4, 0.5) is 14.6 Å². The fourth-order valence-corrected chi connectivity index (χ4v) is 4.22. The van der Waals surface area contributed by atoms with Crippen molar-refractivity contribution >= 4 is 39.9 Å². The third kappa shape index (κ3) is 4.12. The van der Waals surface area contributed by atoms with Crippen LogP contribution in [0.3, 0.4) is 0 Å². The van der Waals surface area contributed by atoms with E-state index < -0.39 is 18.2 Å². The maximum absolute atomic E-state index is 13.7. The van der Waals surface area contributed by atoms with Crippen molar-refractivity contribution in [3.05, 3.63) is 52.4 Å². The molecule has 1 saturated carbocycles. The fourth-order valence-electron chi connectivity index (χ4n) is 4.06. The second-order valence-electron chi connectivity index (χ2n) is 8.50. The van der Waals surface area contributed by atoms with Crippen LogP contribution in [0, 0.1) is 18.3 Å². The maximum atomic E-state index is 13.7. The van der Waals surface area contributed by atoms with Gasteiger partial charge in [0, 0.05) is 28.2 Å². The van der Waals surface area contributed by atoms with Gasteiger partial charge in [-0.25, -0.2) is 13.8 Å². The van der Waals surface area contributed by atoms with Gasteiger partial charge < -0.3 is 10.6 Å². The van der Waals surface area contributed by atoms with Crippen molar-refractivity contribution in [2.45, 2.75) is 45.2 Å². The minimum absolute atomic E-state index is 0.0113. The average Bonchev–Trinajstić information content (AvgIpc) is 3.55. The molecule has 1 aliphatic rings. The number of halogens is 3. The van der Waals surface area contributed by atoms with E-state index in [9.17, 15) is 18.8 Å². The highest BCUT2D eigenvalue weighted by molar-refractivity contribution is 6.31. The van der Waals surface area contributed by atoms with Gasteiger partial charge in [0.1, 0.15) is 29.2 Å². The molecule has 0 unspecified atom stereocenters.